The van der Waals surface area contributed by atoms with Crippen LogP contribution in [0.15, 0.2) is 54.6 Å². The zero-order valence-electron chi connectivity index (χ0n) is 13.7. The minimum Gasteiger partial charge on any atom is -0.448 e. The van der Waals surface area contributed by atoms with Crippen LogP contribution in [0.4, 0.5) is 10.7 Å². The predicted molar refractivity (Wildman–Crippen MR) is 98.4 cm³/mol. The third-order valence-electron chi connectivity index (χ3n) is 3.67. The van der Waals surface area contributed by atoms with Gasteiger partial charge in [0.25, 0.3) is 5.91 Å². The normalized spacial score (nSPS) is 11.7. The molecule has 0 bridgehead atoms. The summed E-state index contributed by atoms with van der Waals surface area (Å²) in [5.74, 6) is -1.26. The highest BCUT2D eigenvalue weighted by molar-refractivity contribution is 7.17. The minimum atomic E-state index is -1.05. The summed E-state index contributed by atoms with van der Waals surface area (Å²) in [5.41, 5.74) is 0.614. The van der Waals surface area contributed by atoms with E-state index in [1.807, 2.05) is 36.4 Å². The Kier molecular flexibility index (Phi) is 4.94. The Bertz CT molecular complexity index is 993. The fraction of sp³-hybridized carbons (Fsp3) is 0.111. The van der Waals surface area contributed by atoms with Crippen molar-refractivity contribution >= 4 is 44.7 Å². The Morgan fingerprint density at radius 1 is 1.12 bits per heavy atom. The highest BCUT2D eigenvalue weighted by Gasteiger charge is 2.22. The van der Waals surface area contributed by atoms with E-state index in [1.165, 1.54) is 19.1 Å². The number of nitro groups is 1. The fourth-order valence-electron chi connectivity index (χ4n) is 2.38. The lowest BCUT2D eigenvalue weighted by atomic mass is 10.1. The van der Waals surface area contributed by atoms with Gasteiger partial charge in [0.15, 0.2) is 6.10 Å². The number of nitrogens with zero attached hydrogens (tertiary/aromatic N) is 1. The lowest BCUT2D eigenvalue weighted by Gasteiger charge is -2.14. The zero-order valence-corrected chi connectivity index (χ0v) is 14.5. The predicted octanol–water partition coefficient (Wildman–Crippen LogP) is 3.99. The summed E-state index contributed by atoms with van der Waals surface area (Å²) in [5, 5.41) is 15.1. The Morgan fingerprint density at radius 3 is 2.58 bits per heavy atom. The number of anilines is 1. The molecule has 1 heterocycles. The molecule has 1 amide bonds. The zero-order chi connectivity index (χ0) is 18.7. The largest absolute Gasteiger partial charge is 0.448 e. The van der Waals surface area contributed by atoms with Crippen LogP contribution in [0.5, 0.6) is 0 Å². The molecule has 0 aliphatic rings. The Morgan fingerprint density at radius 2 is 1.85 bits per heavy atom. The van der Waals surface area contributed by atoms with E-state index in [-0.39, 0.29) is 9.88 Å². The first kappa shape index (κ1) is 17.6. The second kappa shape index (κ2) is 7.32. The summed E-state index contributed by atoms with van der Waals surface area (Å²) < 4.78 is 5.11. The van der Waals surface area contributed by atoms with Gasteiger partial charge in [0, 0.05) is 17.1 Å². The number of fused-ring (bicyclic) bond motifs is 1. The molecule has 3 aromatic rings. The maximum Gasteiger partial charge on any atom is 0.349 e. The average molecular weight is 370 g/mol. The lowest BCUT2D eigenvalue weighted by molar-refractivity contribution is -0.380. The Hall–Kier alpha value is -3.26. The Labute approximate surface area is 152 Å². The van der Waals surface area contributed by atoms with E-state index in [0.717, 1.165) is 10.8 Å². The van der Waals surface area contributed by atoms with E-state index in [4.69, 9.17) is 4.74 Å². The maximum atomic E-state index is 12.3. The molecule has 0 radical (unpaired) electrons. The molecule has 1 N–H and O–H groups in total. The first-order valence-corrected chi connectivity index (χ1v) is 8.51. The van der Waals surface area contributed by atoms with Crippen LogP contribution in [0, 0.1) is 10.1 Å². The molecule has 1 unspecified atom stereocenters. The Balaban J connectivity index is 1.69. The van der Waals surface area contributed by atoms with Crippen molar-refractivity contribution in [2.75, 3.05) is 5.32 Å². The van der Waals surface area contributed by atoms with Gasteiger partial charge in [-0.1, -0.05) is 47.7 Å². The number of carbonyl (C=O) groups excluding carboxylic acids is 2. The topological polar surface area (TPSA) is 98.5 Å². The van der Waals surface area contributed by atoms with Gasteiger partial charge in [-0.3, -0.25) is 14.9 Å². The van der Waals surface area contributed by atoms with Crippen LogP contribution in [-0.4, -0.2) is 22.9 Å². The van der Waals surface area contributed by atoms with Gasteiger partial charge >= 0.3 is 11.0 Å². The van der Waals surface area contributed by atoms with Crippen molar-refractivity contribution in [2.24, 2.45) is 0 Å². The third kappa shape index (κ3) is 3.70. The monoisotopic (exact) mass is 370 g/mol. The van der Waals surface area contributed by atoms with E-state index < -0.39 is 22.9 Å². The highest BCUT2D eigenvalue weighted by Crippen LogP contribution is 2.25. The maximum absolute atomic E-state index is 12.3. The lowest BCUT2D eigenvalue weighted by Crippen LogP contribution is -2.29. The van der Waals surface area contributed by atoms with Gasteiger partial charge in [0.1, 0.15) is 4.88 Å². The number of hydrogen-bond donors (Lipinski definition) is 1. The van der Waals surface area contributed by atoms with Crippen molar-refractivity contribution in [3.63, 3.8) is 0 Å². The summed E-state index contributed by atoms with van der Waals surface area (Å²) in [6.45, 7) is 1.44. The molecular weight excluding hydrogens is 356 g/mol. The summed E-state index contributed by atoms with van der Waals surface area (Å²) in [7, 11) is 0. The molecule has 26 heavy (non-hydrogen) atoms. The van der Waals surface area contributed by atoms with E-state index in [2.05, 4.69) is 5.32 Å². The van der Waals surface area contributed by atoms with Gasteiger partial charge in [0.05, 0.1) is 4.92 Å². The van der Waals surface area contributed by atoms with Crippen molar-refractivity contribution in [1.29, 1.82) is 0 Å². The second-order valence-electron chi connectivity index (χ2n) is 5.46. The fourth-order valence-corrected chi connectivity index (χ4v) is 3.08. The average Bonchev–Trinajstić information content (AvgIpc) is 3.12. The molecule has 0 saturated carbocycles. The second-order valence-corrected chi connectivity index (χ2v) is 6.52. The number of thiophene rings is 1. The summed E-state index contributed by atoms with van der Waals surface area (Å²) in [6.07, 6.45) is -1.05. The number of esters is 1. The molecule has 0 fully saturated rings. The van der Waals surface area contributed by atoms with Gasteiger partial charge < -0.3 is 10.1 Å². The van der Waals surface area contributed by atoms with Crippen molar-refractivity contribution in [3.8, 4) is 0 Å². The summed E-state index contributed by atoms with van der Waals surface area (Å²) in [6, 6.07) is 15.6. The molecule has 3 rings (SSSR count). The van der Waals surface area contributed by atoms with Crippen molar-refractivity contribution in [2.45, 2.75) is 13.0 Å². The van der Waals surface area contributed by atoms with Gasteiger partial charge in [-0.15, -0.1) is 0 Å². The number of amides is 1. The molecule has 1 atom stereocenters. The number of rotatable bonds is 5. The third-order valence-corrected chi connectivity index (χ3v) is 4.69. The molecule has 7 nitrogen and oxygen atoms in total. The van der Waals surface area contributed by atoms with Gasteiger partial charge in [-0.05, 0) is 24.4 Å². The van der Waals surface area contributed by atoms with E-state index in [9.17, 15) is 19.7 Å². The number of ether oxygens (including phenoxy) is 1. The first-order valence-electron chi connectivity index (χ1n) is 7.69. The van der Waals surface area contributed by atoms with Crippen LogP contribution in [0.1, 0.15) is 16.6 Å². The number of hydrogen-bond acceptors (Lipinski definition) is 6. The van der Waals surface area contributed by atoms with Crippen molar-refractivity contribution < 1.29 is 19.2 Å². The van der Waals surface area contributed by atoms with Gasteiger partial charge in [-0.2, -0.15) is 0 Å². The standard InChI is InChI=1S/C18H14N2O5S/c1-11(25-18(22)15-9-10-16(26-15)20(23)24)17(21)19-14-8-4-6-12-5-2-3-7-13(12)14/h2-11H,1H3,(H,19,21). The molecule has 0 aliphatic heterocycles. The molecule has 0 saturated heterocycles. The first-order chi connectivity index (χ1) is 12.5. The molecule has 132 valence electrons. The van der Waals surface area contributed by atoms with Crippen molar-refractivity contribution in [1.82, 2.24) is 0 Å². The molecule has 0 spiro atoms. The van der Waals surface area contributed by atoms with Gasteiger partial charge in [-0.25, -0.2) is 4.79 Å². The van der Waals surface area contributed by atoms with Crippen LogP contribution >= 0.6 is 11.3 Å². The highest BCUT2D eigenvalue weighted by atomic mass is 32.1. The SMILES string of the molecule is CC(OC(=O)c1ccc([N+](=O)[O-])s1)C(=O)Nc1cccc2ccccc12. The van der Waals surface area contributed by atoms with Crippen LogP contribution in [0.25, 0.3) is 10.8 Å². The van der Waals surface area contributed by atoms with Crippen molar-refractivity contribution in [3.05, 3.63) is 69.6 Å². The minimum absolute atomic E-state index is 0.0708. The number of nitrogens with one attached hydrogen (secondary N) is 1. The smallest absolute Gasteiger partial charge is 0.349 e. The number of carbonyl (C=O) groups is 2. The molecule has 0 aliphatic carbocycles. The number of benzene rings is 2. The van der Waals surface area contributed by atoms with Crippen LogP contribution in [-0.2, 0) is 9.53 Å². The summed E-state index contributed by atoms with van der Waals surface area (Å²) in [4.78, 5) is 34.6. The van der Waals surface area contributed by atoms with Crippen LogP contribution in [0.3, 0.4) is 0 Å². The quantitative estimate of drug-likeness (QED) is 0.416. The van der Waals surface area contributed by atoms with E-state index in [0.29, 0.717) is 17.0 Å². The van der Waals surface area contributed by atoms with E-state index in [1.54, 1.807) is 6.07 Å². The molecule has 8 heteroatoms. The van der Waals surface area contributed by atoms with Gasteiger partial charge in [0.2, 0.25) is 0 Å². The molecular formula is C18H14N2O5S. The van der Waals surface area contributed by atoms with E-state index >= 15 is 0 Å². The molecule has 2 aromatic carbocycles. The molecule has 1 aromatic heterocycles. The van der Waals surface area contributed by atoms with Crippen LogP contribution < -0.4 is 5.32 Å². The van der Waals surface area contributed by atoms with Crippen LogP contribution in [0.2, 0.25) is 0 Å². The summed E-state index contributed by atoms with van der Waals surface area (Å²) >= 11 is 0.703.